The maximum atomic E-state index is 11.3. The average molecular weight is 370 g/mol. The number of hydrogen-bond donors (Lipinski definition) is 1. The second-order valence-electron chi connectivity index (χ2n) is 6.65. The molecule has 6 heteroatoms. The van der Waals surface area contributed by atoms with Gasteiger partial charge in [-0.15, -0.1) is 0 Å². The van der Waals surface area contributed by atoms with E-state index in [1.54, 1.807) is 13.3 Å². The Bertz CT molecular complexity index is 758. The number of nitrogens with zero attached hydrogens (tertiary/aromatic N) is 2. The fourth-order valence-corrected chi connectivity index (χ4v) is 3.64. The first kappa shape index (κ1) is 19.2. The molecule has 0 saturated carbocycles. The lowest BCUT2D eigenvalue weighted by Crippen LogP contribution is -2.39. The largest absolute Gasteiger partial charge is 0.493 e. The molecule has 1 saturated heterocycles. The second kappa shape index (κ2) is 8.86. The molecule has 1 unspecified atom stereocenters. The summed E-state index contributed by atoms with van der Waals surface area (Å²) in [4.78, 5) is 18.2. The SMILES string of the molecule is CCOc1cc(C(c2ccccn2)N2CCC(C(=O)O)CC2)ccc1OC. The van der Waals surface area contributed by atoms with Crippen LogP contribution < -0.4 is 9.47 Å². The number of aromatic nitrogens is 1. The van der Waals surface area contributed by atoms with Gasteiger partial charge in [0.05, 0.1) is 31.4 Å². The Morgan fingerprint density at radius 3 is 2.63 bits per heavy atom. The standard InChI is InChI=1S/C21H26N2O4/c1-3-27-19-14-16(7-8-18(19)26-2)20(17-6-4-5-11-22-17)23-12-9-15(10-13-23)21(24)25/h4-8,11,14-15,20H,3,9-10,12-13H2,1-2H3,(H,24,25). The molecule has 6 nitrogen and oxygen atoms in total. The van der Waals surface area contributed by atoms with Crippen LogP contribution in [0.25, 0.3) is 0 Å². The maximum absolute atomic E-state index is 11.3. The average Bonchev–Trinajstić information content (AvgIpc) is 2.70. The van der Waals surface area contributed by atoms with Gasteiger partial charge in [-0.05, 0) is 62.7 Å². The zero-order valence-electron chi connectivity index (χ0n) is 15.8. The Hall–Kier alpha value is -2.60. The van der Waals surface area contributed by atoms with Crippen molar-refractivity contribution in [3.63, 3.8) is 0 Å². The molecule has 0 spiro atoms. The van der Waals surface area contributed by atoms with Crippen LogP contribution in [0.4, 0.5) is 0 Å². The van der Waals surface area contributed by atoms with E-state index in [-0.39, 0.29) is 12.0 Å². The van der Waals surface area contributed by atoms with E-state index in [9.17, 15) is 9.90 Å². The molecule has 1 aliphatic rings. The van der Waals surface area contributed by atoms with Gasteiger partial charge < -0.3 is 14.6 Å². The van der Waals surface area contributed by atoms with Gasteiger partial charge in [0.25, 0.3) is 0 Å². The van der Waals surface area contributed by atoms with Crippen molar-refractivity contribution in [2.75, 3.05) is 26.8 Å². The number of methoxy groups -OCH3 is 1. The number of aliphatic carboxylic acids is 1. The molecule has 27 heavy (non-hydrogen) atoms. The van der Waals surface area contributed by atoms with E-state index in [4.69, 9.17) is 9.47 Å². The predicted molar refractivity (Wildman–Crippen MR) is 102 cm³/mol. The van der Waals surface area contributed by atoms with Gasteiger partial charge in [-0.25, -0.2) is 0 Å². The smallest absolute Gasteiger partial charge is 0.306 e. The number of carboxylic acid groups (broad SMARTS) is 1. The van der Waals surface area contributed by atoms with E-state index >= 15 is 0 Å². The molecule has 1 aromatic carbocycles. The molecule has 2 aromatic rings. The van der Waals surface area contributed by atoms with Crippen molar-refractivity contribution in [1.29, 1.82) is 0 Å². The van der Waals surface area contributed by atoms with Gasteiger partial charge in [0.1, 0.15) is 0 Å². The monoisotopic (exact) mass is 370 g/mol. The van der Waals surface area contributed by atoms with Crippen molar-refractivity contribution in [1.82, 2.24) is 9.88 Å². The van der Waals surface area contributed by atoms with Gasteiger partial charge in [-0.1, -0.05) is 12.1 Å². The first-order valence-corrected chi connectivity index (χ1v) is 9.32. The van der Waals surface area contributed by atoms with E-state index in [1.807, 2.05) is 43.3 Å². The highest BCUT2D eigenvalue weighted by Crippen LogP contribution is 2.36. The Morgan fingerprint density at radius 1 is 1.26 bits per heavy atom. The minimum Gasteiger partial charge on any atom is -0.493 e. The molecule has 1 aromatic heterocycles. The van der Waals surface area contributed by atoms with Crippen molar-refractivity contribution in [3.8, 4) is 11.5 Å². The van der Waals surface area contributed by atoms with Crippen LogP contribution in [0.2, 0.25) is 0 Å². The molecule has 0 aliphatic carbocycles. The van der Waals surface area contributed by atoms with Gasteiger partial charge in [-0.2, -0.15) is 0 Å². The summed E-state index contributed by atoms with van der Waals surface area (Å²) in [6.07, 6.45) is 3.08. The normalized spacial score (nSPS) is 16.7. The number of ether oxygens (including phenoxy) is 2. The predicted octanol–water partition coefficient (Wildman–Crippen LogP) is 3.37. The van der Waals surface area contributed by atoms with Gasteiger partial charge in [0.15, 0.2) is 11.5 Å². The van der Waals surface area contributed by atoms with Gasteiger partial charge in [0, 0.05) is 6.20 Å². The summed E-state index contributed by atoms with van der Waals surface area (Å²) >= 11 is 0. The number of carbonyl (C=O) groups is 1. The number of carboxylic acids is 1. The number of piperidine rings is 1. The number of benzene rings is 1. The van der Waals surface area contributed by atoms with Gasteiger partial charge in [0.2, 0.25) is 0 Å². The molecular weight excluding hydrogens is 344 g/mol. The van der Waals surface area contributed by atoms with Crippen LogP contribution in [0.15, 0.2) is 42.6 Å². The summed E-state index contributed by atoms with van der Waals surface area (Å²) < 4.78 is 11.2. The van der Waals surface area contributed by atoms with Crippen molar-refractivity contribution >= 4 is 5.97 Å². The summed E-state index contributed by atoms with van der Waals surface area (Å²) in [6, 6.07) is 11.8. The molecule has 0 bridgehead atoms. The van der Waals surface area contributed by atoms with E-state index in [1.165, 1.54) is 0 Å². The van der Waals surface area contributed by atoms with Crippen molar-refractivity contribution in [3.05, 3.63) is 53.9 Å². The molecule has 1 atom stereocenters. The van der Waals surface area contributed by atoms with E-state index < -0.39 is 5.97 Å². The van der Waals surface area contributed by atoms with Crippen LogP contribution in [-0.4, -0.2) is 47.8 Å². The molecule has 144 valence electrons. The van der Waals surface area contributed by atoms with E-state index in [2.05, 4.69) is 9.88 Å². The number of likely N-dealkylation sites (tertiary alicyclic amines) is 1. The fourth-order valence-electron chi connectivity index (χ4n) is 3.64. The molecule has 1 fully saturated rings. The Labute approximate surface area is 159 Å². The zero-order chi connectivity index (χ0) is 19.2. The molecular formula is C21H26N2O4. The number of rotatable bonds is 7. The Balaban J connectivity index is 1.94. The van der Waals surface area contributed by atoms with Crippen LogP contribution in [0.3, 0.4) is 0 Å². The van der Waals surface area contributed by atoms with Crippen LogP contribution in [-0.2, 0) is 4.79 Å². The highest BCUT2D eigenvalue weighted by Gasteiger charge is 2.31. The minimum absolute atomic E-state index is 0.0499. The van der Waals surface area contributed by atoms with Crippen molar-refractivity contribution < 1.29 is 19.4 Å². The summed E-state index contributed by atoms with van der Waals surface area (Å²) in [5, 5.41) is 9.29. The maximum Gasteiger partial charge on any atom is 0.306 e. The summed E-state index contributed by atoms with van der Waals surface area (Å²) in [5.74, 6) is 0.441. The van der Waals surface area contributed by atoms with Gasteiger partial charge >= 0.3 is 5.97 Å². The van der Waals surface area contributed by atoms with Crippen LogP contribution in [0.5, 0.6) is 11.5 Å². The van der Waals surface area contributed by atoms with Crippen LogP contribution in [0.1, 0.15) is 37.1 Å². The third-order valence-electron chi connectivity index (χ3n) is 5.02. The van der Waals surface area contributed by atoms with Crippen molar-refractivity contribution in [2.24, 2.45) is 5.92 Å². The third kappa shape index (κ3) is 4.39. The van der Waals surface area contributed by atoms with Crippen molar-refractivity contribution in [2.45, 2.75) is 25.8 Å². The molecule has 1 N–H and O–H groups in total. The van der Waals surface area contributed by atoms with Gasteiger partial charge in [-0.3, -0.25) is 14.7 Å². The first-order valence-electron chi connectivity index (χ1n) is 9.32. The number of hydrogen-bond acceptors (Lipinski definition) is 5. The topological polar surface area (TPSA) is 71.9 Å². The zero-order valence-corrected chi connectivity index (χ0v) is 15.8. The second-order valence-corrected chi connectivity index (χ2v) is 6.65. The number of pyridine rings is 1. The van der Waals surface area contributed by atoms with Crippen LogP contribution >= 0.6 is 0 Å². The molecule has 3 rings (SSSR count). The van der Waals surface area contributed by atoms with E-state index in [0.29, 0.717) is 44.0 Å². The summed E-state index contributed by atoms with van der Waals surface area (Å²) in [6.45, 7) is 3.93. The molecule has 2 heterocycles. The Morgan fingerprint density at radius 2 is 2.04 bits per heavy atom. The highest BCUT2D eigenvalue weighted by molar-refractivity contribution is 5.70. The first-order chi connectivity index (χ1) is 13.1. The fraction of sp³-hybridized carbons (Fsp3) is 0.429. The third-order valence-corrected chi connectivity index (χ3v) is 5.02. The van der Waals surface area contributed by atoms with E-state index in [0.717, 1.165) is 11.3 Å². The lowest BCUT2D eigenvalue weighted by atomic mass is 9.93. The highest BCUT2D eigenvalue weighted by atomic mass is 16.5. The Kier molecular flexibility index (Phi) is 6.29. The van der Waals surface area contributed by atoms with Crippen LogP contribution in [0, 0.1) is 5.92 Å². The quantitative estimate of drug-likeness (QED) is 0.806. The molecule has 1 aliphatic heterocycles. The lowest BCUT2D eigenvalue weighted by Gasteiger charge is -2.36. The molecule has 0 amide bonds. The minimum atomic E-state index is -0.702. The summed E-state index contributed by atoms with van der Waals surface area (Å²) in [5.41, 5.74) is 2.01. The lowest BCUT2D eigenvalue weighted by molar-refractivity contribution is -0.143. The summed E-state index contributed by atoms with van der Waals surface area (Å²) in [7, 11) is 1.63. The molecule has 0 radical (unpaired) electrons.